The second-order valence-electron chi connectivity index (χ2n) is 9.81. The summed E-state index contributed by atoms with van der Waals surface area (Å²) >= 11 is 0. The number of carbonyl (C=O) groups excluding carboxylic acids is 2. The molecule has 184 valence electrons. The van der Waals surface area contributed by atoms with Gasteiger partial charge in [0.25, 0.3) is 0 Å². The Kier molecular flexibility index (Phi) is 7.06. The van der Waals surface area contributed by atoms with E-state index in [2.05, 4.69) is 10.2 Å². The van der Waals surface area contributed by atoms with Crippen molar-refractivity contribution in [1.82, 2.24) is 25.1 Å². The first-order valence-electron chi connectivity index (χ1n) is 11.7. The van der Waals surface area contributed by atoms with Crippen LogP contribution >= 0.6 is 0 Å². The van der Waals surface area contributed by atoms with Crippen LogP contribution in [-0.2, 0) is 22.6 Å². The summed E-state index contributed by atoms with van der Waals surface area (Å²) in [4.78, 5) is 34.2. The van der Waals surface area contributed by atoms with Crippen LogP contribution in [0.15, 0.2) is 34.7 Å². The predicted octanol–water partition coefficient (Wildman–Crippen LogP) is 3.94. The number of piperidine rings is 1. The number of rotatable bonds is 8. The van der Waals surface area contributed by atoms with Crippen LogP contribution in [0.2, 0.25) is 0 Å². The number of ether oxygens (including phenoxy) is 1. The molecule has 0 aliphatic carbocycles. The topological polar surface area (TPSA) is 101 Å². The molecule has 34 heavy (non-hydrogen) atoms. The van der Waals surface area contributed by atoms with Gasteiger partial charge in [0.05, 0.1) is 6.04 Å². The Labute approximate surface area is 199 Å². The average Bonchev–Trinajstić information content (AvgIpc) is 3.35. The number of nitrogens with zero attached hydrogens (tertiary/aromatic N) is 5. The molecule has 0 radical (unpaired) electrons. The largest absolute Gasteiger partial charge is 0.444 e. The van der Waals surface area contributed by atoms with Gasteiger partial charge in [-0.3, -0.25) is 4.84 Å². The number of benzene rings is 1. The van der Waals surface area contributed by atoms with E-state index in [4.69, 9.17) is 14.0 Å². The van der Waals surface area contributed by atoms with Crippen LogP contribution in [0.4, 0.5) is 9.59 Å². The van der Waals surface area contributed by atoms with E-state index in [1.807, 2.05) is 51.1 Å². The highest BCUT2D eigenvalue weighted by molar-refractivity contribution is 5.77. The lowest BCUT2D eigenvalue weighted by atomic mass is 10.0. The summed E-state index contributed by atoms with van der Waals surface area (Å²) < 4.78 is 11.3. The second kappa shape index (κ2) is 10.0. The molecule has 0 unspecified atom stereocenters. The highest BCUT2D eigenvalue weighted by Crippen LogP contribution is 2.38. The lowest BCUT2D eigenvalue weighted by molar-refractivity contribution is -0.140. The van der Waals surface area contributed by atoms with E-state index in [0.717, 1.165) is 18.4 Å². The van der Waals surface area contributed by atoms with Crippen LogP contribution < -0.4 is 0 Å². The van der Waals surface area contributed by atoms with E-state index in [-0.39, 0.29) is 24.2 Å². The first-order chi connectivity index (χ1) is 16.2. The molecule has 0 saturated carbocycles. The maximum Gasteiger partial charge on any atom is 0.410 e. The van der Waals surface area contributed by atoms with E-state index >= 15 is 0 Å². The van der Waals surface area contributed by atoms with Crippen molar-refractivity contribution in [1.29, 1.82) is 0 Å². The zero-order chi connectivity index (χ0) is 24.3. The summed E-state index contributed by atoms with van der Waals surface area (Å²) in [6.45, 7) is 6.96. The molecule has 10 heteroatoms. The number of hydrogen-bond donors (Lipinski definition) is 0. The van der Waals surface area contributed by atoms with Gasteiger partial charge in [0, 0.05) is 26.6 Å². The molecule has 1 aromatic heterocycles. The van der Waals surface area contributed by atoms with Crippen molar-refractivity contribution in [2.45, 2.75) is 70.7 Å². The number of aromatic nitrogens is 2. The normalized spacial score (nSPS) is 20.1. The molecule has 3 heterocycles. The Morgan fingerprint density at radius 3 is 2.71 bits per heavy atom. The van der Waals surface area contributed by atoms with Gasteiger partial charge in [0.15, 0.2) is 0 Å². The van der Waals surface area contributed by atoms with Crippen molar-refractivity contribution in [2.75, 3.05) is 20.1 Å². The van der Waals surface area contributed by atoms with Crippen LogP contribution in [-0.4, -0.2) is 69.0 Å². The summed E-state index contributed by atoms with van der Waals surface area (Å²) in [7, 11) is 1.70. The summed E-state index contributed by atoms with van der Waals surface area (Å²) in [6.07, 6.45) is 2.39. The molecule has 2 aliphatic rings. The van der Waals surface area contributed by atoms with Gasteiger partial charge in [-0.05, 0) is 45.6 Å². The molecule has 0 N–H and O–H groups in total. The predicted molar refractivity (Wildman–Crippen MR) is 122 cm³/mol. The molecular formula is C24H33N5O5. The number of hydrogen-bond acceptors (Lipinski definition) is 7. The summed E-state index contributed by atoms with van der Waals surface area (Å²) in [5, 5.41) is 9.87. The number of aryl methyl sites for hydroxylation is 1. The smallest absolute Gasteiger partial charge is 0.410 e. The maximum absolute atomic E-state index is 13.0. The van der Waals surface area contributed by atoms with Crippen LogP contribution in [0.3, 0.4) is 0 Å². The molecule has 2 saturated heterocycles. The summed E-state index contributed by atoms with van der Waals surface area (Å²) in [5.41, 5.74) is 0.489. The van der Waals surface area contributed by atoms with E-state index in [9.17, 15) is 9.59 Å². The van der Waals surface area contributed by atoms with Crippen molar-refractivity contribution in [3.8, 4) is 0 Å². The Balaban J connectivity index is 1.28. The first kappa shape index (κ1) is 24.0. The molecule has 10 nitrogen and oxygen atoms in total. The van der Waals surface area contributed by atoms with Gasteiger partial charge >= 0.3 is 12.1 Å². The van der Waals surface area contributed by atoms with E-state index in [1.54, 1.807) is 11.9 Å². The van der Waals surface area contributed by atoms with Crippen molar-refractivity contribution in [2.24, 2.45) is 0 Å². The van der Waals surface area contributed by atoms with Crippen molar-refractivity contribution < 1.29 is 23.6 Å². The lowest BCUT2D eigenvalue weighted by Gasteiger charge is -2.27. The number of amides is 3. The standard InChI is InChI=1S/C24H33N5O5/c1-24(2,3)34-23(31)27(4)14-8-11-20-25-26-21(33-20)19-13-12-18-15-28(19)22(30)29(18)32-16-17-9-6-5-7-10-17/h5-7,9-10,18-19H,8,11-16H2,1-4H3/t18-,19+/m1/s1. The third-order valence-corrected chi connectivity index (χ3v) is 5.89. The summed E-state index contributed by atoms with van der Waals surface area (Å²) in [6, 6.07) is 9.41. The van der Waals surface area contributed by atoms with Gasteiger partial charge in [0.2, 0.25) is 11.8 Å². The monoisotopic (exact) mass is 471 g/mol. The molecule has 2 aliphatic heterocycles. The zero-order valence-corrected chi connectivity index (χ0v) is 20.3. The number of carbonyl (C=O) groups is 2. The van der Waals surface area contributed by atoms with Gasteiger partial charge < -0.3 is 19.0 Å². The van der Waals surface area contributed by atoms with Crippen LogP contribution in [0, 0.1) is 0 Å². The van der Waals surface area contributed by atoms with Gasteiger partial charge in [-0.25, -0.2) is 9.59 Å². The van der Waals surface area contributed by atoms with Crippen molar-refractivity contribution in [3.05, 3.63) is 47.7 Å². The molecule has 4 rings (SSSR count). The minimum Gasteiger partial charge on any atom is -0.444 e. The van der Waals surface area contributed by atoms with Crippen molar-refractivity contribution >= 4 is 12.1 Å². The summed E-state index contributed by atoms with van der Waals surface area (Å²) in [5.74, 6) is 0.950. The van der Waals surface area contributed by atoms with E-state index in [1.165, 1.54) is 9.96 Å². The third-order valence-electron chi connectivity index (χ3n) is 5.89. The quantitative estimate of drug-likeness (QED) is 0.575. The molecule has 2 bridgehead atoms. The highest BCUT2D eigenvalue weighted by atomic mass is 16.7. The fraction of sp³-hybridized carbons (Fsp3) is 0.583. The maximum atomic E-state index is 13.0. The highest BCUT2D eigenvalue weighted by Gasteiger charge is 2.47. The molecule has 2 atom stereocenters. The van der Waals surface area contributed by atoms with Gasteiger partial charge in [-0.15, -0.1) is 10.2 Å². The van der Waals surface area contributed by atoms with Gasteiger partial charge in [0.1, 0.15) is 18.2 Å². The fourth-order valence-electron chi connectivity index (χ4n) is 4.17. The number of hydroxylamine groups is 2. The van der Waals surface area contributed by atoms with Gasteiger partial charge in [-0.2, -0.15) is 5.06 Å². The first-order valence-corrected chi connectivity index (χ1v) is 11.7. The average molecular weight is 472 g/mol. The zero-order valence-electron chi connectivity index (χ0n) is 20.3. The molecular weight excluding hydrogens is 438 g/mol. The Bertz CT molecular complexity index is 989. The Morgan fingerprint density at radius 1 is 1.21 bits per heavy atom. The molecule has 2 fully saturated rings. The second-order valence-corrected chi connectivity index (χ2v) is 9.81. The Morgan fingerprint density at radius 2 is 1.97 bits per heavy atom. The lowest BCUT2D eigenvalue weighted by Crippen LogP contribution is -2.34. The SMILES string of the molecule is CN(CCCc1nnc([C@@H]2CC[C@@H]3CN2C(=O)N3OCc2ccccc2)o1)C(=O)OC(C)(C)C. The van der Waals surface area contributed by atoms with E-state index < -0.39 is 5.60 Å². The van der Waals surface area contributed by atoms with Crippen molar-refractivity contribution in [3.63, 3.8) is 0 Å². The molecule has 2 aromatic rings. The minimum absolute atomic E-state index is 0.0262. The molecule has 3 amide bonds. The van der Waals surface area contributed by atoms with Crippen LogP contribution in [0.5, 0.6) is 0 Å². The van der Waals surface area contributed by atoms with E-state index in [0.29, 0.717) is 44.3 Å². The Hall–Kier alpha value is -3.14. The van der Waals surface area contributed by atoms with Crippen LogP contribution in [0.1, 0.15) is 63.4 Å². The fourth-order valence-corrected chi connectivity index (χ4v) is 4.17. The van der Waals surface area contributed by atoms with Crippen LogP contribution in [0.25, 0.3) is 0 Å². The minimum atomic E-state index is -0.527. The third kappa shape index (κ3) is 5.67. The van der Waals surface area contributed by atoms with Gasteiger partial charge in [-0.1, -0.05) is 30.3 Å². The molecule has 0 spiro atoms. The number of urea groups is 1. The molecule has 1 aromatic carbocycles. The number of fused-ring (bicyclic) bond motifs is 2.